The van der Waals surface area contributed by atoms with Gasteiger partial charge >= 0.3 is 5.97 Å². The molecule has 0 radical (unpaired) electrons. The molecule has 5 nitrogen and oxygen atoms in total. The van der Waals surface area contributed by atoms with E-state index in [9.17, 15) is 14.0 Å². The summed E-state index contributed by atoms with van der Waals surface area (Å²) in [5.74, 6) is -2.50. The molecule has 1 aliphatic carbocycles. The number of aliphatic imine (C=N–C) groups is 1. The molecule has 0 aromatic heterocycles. The van der Waals surface area contributed by atoms with Crippen LogP contribution in [0.5, 0.6) is 0 Å². The van der Waals surface area contributed by atoms with E-state index < -0.39 is 23.6 Å². The van der Waals surface area contributed by atoms with E-state index in [1.807, 2.05) is 31.2 Å². The number of Topliss-reactive ketones (excluding diaryl/α,β-unsaturated/α-hetero) is 1. The van der Waals surface area contributed by atoms with E-state index in [2.05, 4.69) is 0 Å². The highest BCUT2D eigenvalue weighted by Gasteiger charge is 2.44. The van der Waals surface area contributed by atoms with Crippen LogP contribution in [0.15, 0.2) is 64.8 Å². The van der Waals surface area contributed by atoms with Crippen molar-refractivity contribution in [3.63, 3.8) is 0 Å². The summed E-state index contributed by atoms with van der Waals surface area (Å²) >= 11 is 6.03. The molecule has 34 heavy (non-hydrogen) atoms. The first-order valence-corrected chi connectivity index (χ1v) is 11.8. The van der Waals surface area contributed by atoms with Gasteiger partial charge in [0.2, 0.25) is 0 Å². The molecule has 0 spiro atoms. The lowest BCUT2D eigenvalue weighted by Crippen LogP contribution is -2.38. The molecule has 0 saturated heterocycles. The van der Waals surface area contributed by atoms with Gasteiger partial charge in [-0.15, -0.1) is 0 Å². The van der Waals surface area contributed by atoms with Gasteiger partial charge in [0.05, 0.1) is 6.61 Å². The molecule has 0 saturated carbocycles. The molecule has 2 aromatic carbocycles. The summed E-state index contributed by atoms with van der Waals surface area (Å²) in [5.41, 5.74) is 3.26. The van der Waals surface area contributed by atoms with E-state index in [1.54, 1.807) is 19.1 Å². The third-order valence-electron chi connectivity index (χ3n) is 6.37. The number of halogens is 2. The maximum Gasteiger partial charge on any atom is 0.315 e. The molecule has 4 rings (SSSR count). The second-order valence-electron chi connectivity index (χ2n) is 8.57. The lowest BCUT2D eigenvalue weighted by Gasteiger charge is -2.36. The second kappa shape index (κ2) is 10.6. The lowest BCUT2D eigenvalue weighted by atomic mass is 9.69. The molecule has 1 aliphatic heterocycles. The van der Waals surface area contributed by atoms with Crippen LogP contribution in [-0.4, -0.2) is 37.3 Å². The van der Waals surface area contributed by atoms with E-state index in [0.29, 0.717) is 40.6 Å². The Balaban J connectivity index is 1.71. The molecule has 3 atom stereocenters. The monoisotopic (exact) mass is 483 g/mol. The van der Waals surface area contributed by atoms with Gasteiger partial charge in [0.25, 0.3) is 0 Å². The lowest BCUT2D eigenvalue weighted by molar-refractivity contribution is -0.148. The van der Waals surface area contributed by atoms with Gasteiger partial charge in [-0.1, -0.05) is 35.9 Å². The van der Waals surface area contributed by atoms with Crippen molar-refractivity contribution >= 4 is 29.1 Å². The van der Waals surface area contributed by atoms with Gasteiger partial charge in [-0.05, 0) is 61.6 Å². The van der Waals surface area contributed by atoms with Crippen molar-refractivity contribution in [2.24, 2.45) is 10.9 Å². The number of allylic oxidation sites excluding steroid dienone is 2. The molecule has 0 fully saturated rings. The Morgan fingerprint density at radius 2 is 1.88 bits per heavy atom. The number of carbonyl (C=O) groups excluding carboxylic acids is 2. The van der Waals surface area contributed by atoms with Gasteiger partial charge in [-0.3, -0.25) is 14.6 Å². The number of hydrogen-bond acceptors (Lipinski definition) is 5. The van der Waals surface area contributed by atoms with Gasteiger partial charge < -0.3 is 9.47 Å². The summed E-state index contributed by atoms with van der Waals surface area (Å²) < 4.78 is 24.9. The number of nitrogens with zero attached hydrogens (tertiary/aromatic N) is 1. The van der Waals surface area contributed by atoms with Crippen molar-refractivity contribution in [1.29, 1.82) is 0 Å². The van der Waals surface area contributed by atoms with Crippen LogP contribution in [0.1, 0.15) is 49.7 Å². The molecule has 0 N–H and O–H groups in total. The highest BCUT2D eigenvalue weighted by Crippen LogP contribution is 2.47. The van der Waals surface area contributed by atoms with Crippen LogP contribution in [0.2, 0.25) is 5.02 Å². The first-order valence-electron chi connectivity index (χ1n) is 11.5. The van der Waals surface area contributed by atoms with Crippen molar-refractivity contribution in [1.82, 2.24) is 0 Å². The smallest absolute Gasteiger partial charge is 0.315 e. The Morgan fingerprint density at radius 3 is 2.59 bits per heavy atom. The number of rotatable bonds is 7. The number of ether oxygens (including phenoxy) is 2. The summed E-state index contributed by atoms with van der Waals surface area (Å²) in [6.45, 7) is 4.53. The molecule has 0 bridgehead atoms. The average molecular weight is 484 g/mol. The fraction of sp³-hybridized carbons (Fsp3) is 0.370. The average Bonchev–Trinajstić information content (AvgIpc) is 2.81. The summed E-state index contributed by atoms with van der Waals surface area (Å²) in [5, 5.41) is 0.634. The number of esters is 1. The minimum atomic E-state index is -0.807. The zero-order chi connectivity index (χ0) is 24.2. The molecule has 0 amide bonds. The third-order valence-corrected chi connectivity index (χ3v) is 6.62. The van der Waals surface area contributed by atoms with E-state index >= 15 is 0 Å². The van der Waals surface area contributed by atoms with Crippen LogP contribution < -0.4 is 0 Å². The van der Waals surface area contributed by atoms with Gasteiger partial charge in [-0.2, -0.15) is 0 Å². The van der Waals surface area contributed by atoms with E-state index in [-0.39, 0.29) is 31.3 Å². The normalized spacial score (nSPS) is 22.3. The highest BCUT2D eigenvalue weighted by molar-refractivity contribution is 6.30. The SMILES string of the molecule is CCOCCOC(=O)C1C(C)=NC2=C(C(=O)C[C@@H](c3ccc(Cl)cc3)C2)[C@@H]1c1cccc(F)c1. The van der Waals surface area contributed by atoms with Crippen LogP contribution >= 0.6 is 11.6 Å². The minimum absolute atomic E-state index is 0.0390. The molecule has 1 unspecified atom stereocenters. The van der Waals surface area contributed by atoms with Crippen molar-refractivity contribution in [2.45, 2.75) is 38.5 Å². The Morgan fingerprint density at radius 1 is 1.12 bits per heavy atom. The molecule has 7 heteroatoms. The van der Waals surface area contributed by atoms with Crippen LogP contribution in [0.3, 0.4) is 0 Å². The topological polar surface area (TPSA) is 65.0 Å². The van der Waals surface area contributed by atoms with Gasteiger partial charge in [-0.25, -0.2) is 4.39 Å². The molecule has 178 valence electrons. The fourth-order valence-electron chi connectivity index (χ4n) is 4.83. The number of carbonyl (C=O) groups is 2. The zero-order valence-corrected chi connectivity index (χ0v) is 20.0. The minimum Gasteiger partial charge on any atom is -0.463 e. The Bertz CT molecular complexity index is 1140. The van der Waals surface area contributed by atoms with Crippen molar-refractivity contribution in [3.05, 3.63) is 81.8 Å². The molecular weight excluding hydrogens is 457 g/mol. The Kier molecular flexibility index (Phi) is 7.59. The first kappa shape index (κ1) is 24.3. The van der Waals surface area contributed by atoms with Crippen molar-refractivity contribution in [3.8, 4) is 0 Å². The third kappa shape index (κ3) is 5.13. The fourth-order valence-corrected chi connectivity index (χ4v) is 4.96. The number of benzene rings is 2. The second-order valence-corrected chi connectivity index (χ2v) is 9.00. The quantitative estimate of drug-likeness (QED) is 0.378. The van der Waals surface area contributed by atoms with E-state index in [1.165, 1.54) is 12.1 Å². The number of hydrogen-bond donors (Lipinski definition) is 0. The van der Waals surface area contributed by atoms with Crippen LogP contribution in [0.25, 0.3) is 0 Å². The van der Waals surface area contributed by atoms with Crippen molar-refractivity contribution < 1.29 is 23.5 Å². The predicted octanol–water partition coefficient (Wildman–Crippen LogP) is 5.63. The van der Waals surface area contributed by atoms with Gasteiger partial charge in [0.1, 0.15) is 18.3 Å². The summed E-state index contributed by atoms with van der Waals surface area (Å²) in [6.07, 6.45) is 0.838. The molecule has 2 aliphatic rings. The number of ketones is 1. The zero-order valence-electron chi connectivity index (χ0n) is 19.2. The Hall–Kier alpha value is -2.83. The van der Waals surface area contributed by atoms with Crippen LogP contribution in [0, 0.1) is 11.7 Å². The summed E-state index contributed by atoms with van der Waals surface area (Å²) in [6, 6.07) is 13.5. The summed E-state index contributed by atoms with van der Waals surface area (Å²) in [4.78, 5) is 31.4. The van der Waals surface area contributed by atoms with Crippen molar-refractivity contribution in [2.75, 3.05) is 19.8 Å². The maximum absolute atomic E-state index is 14.2. The summed E-state index contributed by atoms with van der Waals surface area (Å²) in [7, 11) is 0. The first-order chi connectivity index (χ1) is 16.4. The van der Waals surface area contributed by atoms with Crippen LogP contribution in [-0.2, 0) is 19.1 Å². The van der Waals surface area contributed by atoms with E-state index in [0.717, 1.165) is 5.56 Å². The molecule has 2 aromatic rings. The highest BCUT2D eigenvalue weighted by atomic mass is 35.5. The van der Waals surface area contributed by atoms with Gasteiger partial charge in [0, 0.05) is 41.0 Å². The maximum atomic E-state index is 14.2. The standard InChI is InChI=1S/C27H27ClFNO4/c1-3-33-11-12-34-27(32)24-16(2)30-22-14-19(17-7-9-20(28)10-8-17)15-23(31)26(22)25(24)18-5-4-6-21(29)13-18/h4-10,13,19,24-25H,3,11-12,14-15H2,1-2H3/t19-,24?,25+/m0/s1. The predicted molar refractivity (Wildman–Crippen MR) is 129 cm³/mol. The Labute approximate surface area is 203 Å². The van der Waals surface area contributed by atoms with Crippen LogP contribution in [0.4, 0.5) is 4.39 Å². The molecule has 1 heterocycles. The van der Waals surface area contributed by atoms with E-state index in [4.69, 9.17) is 26.1 Å². The largest absolute Gasteiger partial charge is 0.463 e. The van der Waals surface area contributed by atoms with Gasteiger partial charge in [0.15, 0.2) is 5.78 Å². The molecular formula is C27H27ClFNO4.